The number of hydrogen-bond acceptors (Lipinski definition) is 9. The van der Waals surface area contributed by atoms with Gasteiger partial charge in [0.15, 0.2) is 5.65 Å². The molecule has 2 aliphatic rings. The fourth-order valence-electron chi connectivity index (χ4n) is 5.64. The van der Waals surface area contributed by atoms with Gasteiger partial charge in [0.2, 0.25) is 5.13 Å². The van der Waals surface area contributed by atoms with Crippen molar-refractivity contribution >= 4 is 49.4 Å². The van der Waals surface area contributed by atoms with Gasteiger partial charge in [0.25, 0.3) is 10.0 Å². The number of anilines is 2. The van der Waals surface area contributed by atoms with Crippen LogP contribution in [-0.2, 0) is 16.2 Å². The van der Waals surface area contributed by atoms with E-state index in [-0.39, 0.29) is 51.5 Å². The van der Waals surface area contributed by atoms with Crippen LogP contribution in [0, 0.1) is 11.8 Å². The molecule has 3 atom stereocenters. The first kappa shape index (κ1) is 27.3. The fraction of sp³-hybridized carbons (Fsp3) is 0.360. The Bertz CT molecular complexity index is 1700. The SMILES string of the molecule is COc1nsc(NC(=O)N2CC3C[C@@H](Nc4c(C(F)(F)F)cnc5c4ccn5S(=O)(=O)c4ccccc4)C[C@@H]3C2)n1. The van der Waals surface area contributed by atoms with Crippen LogP contribution in [0.2, 0.25) is 0 Å². The van der Waals surface area contributed by atoms with Crippen LogP contribution < -0.4 is 15.4 Å². The number of pyridine rings is 1. The summed E-state index contributed by atoms with van der Waals surface area (Å²) in [5.74, 6) is 0.189. The summed E-state index contributed by atoms with van der Waals surface area (Å²) in [7, 11) is -2.65. The lowest BCUT2D eigenvalue weighted by Crippen LogP contribution is -2.34. The van der Waals surface area contributed by atoms with Crippen molar-refractivity contribution in [2.75, 3.05) is 30.8 Å². The predicted octanol–water partition coefficient (Wildman–Crippen LogP) is 4.51. The van der Waals surface area contributed by atoms with Crippen LogP contribution in [0.25, 0.3) is 11.0 Å². The second kappa shape index (κ2) is 10.2. The molecule has 1 saturated carbocycles. The summed E-state index contributed by atoms with van der Waals surface area (Å²) in [6.07, 6.45) is -1.72. The highest BCUT2D eigenvalue weighted by molar-refractivity contribution is 7.90. The normalized spacial score (nSPS) is 20.8. The maximum absolute atomic E-state index is 14.1. The molecule has 216 valence electrons. The Morgan fingerprint density at radius 3 is 2.46 bits per heavy atom. The number of likely N-dealkylation sites (tertiary alicyclic amines) is 1. The van der Waals surface area contributed by atoms with E-state index < -0.39 is 21.8 Å². The first-order chi connectivity index (χ1) is 19.5. The van der Waals surface area contributed by atoms with Gasteiger partial charge in [-0.25, -0.2) is 22.2 Å². The van der Waals surface area contributed by atoms with Gasteiger partial charge in [-0.3, -0.25) is 5.32 Å². The van der Waals surface area contributed by atoms with Crippen LogP contribution in [0.1, 0.15) is 18.4 Å². The van der Waals surface area contributed by atoms with E-state index >= 15 is 0 Å². The average Bonchev–Trinajstić information content (AvgIpc) is 3.71. The number of carbonyl (C=O) groups is 1. The largest absolute Gasteiger partial charge is 0.466 e. The molecule has 1 aromatic carbocycles. The number of amides is 2. The van der Waals surface area contributed by atoms with Gasteiger partial charge < -0.3 is 15.0 Å². The van der Waals surface area contributed by atoms with E-state index in [2.05, 4.69) is 25.0 Å². The molecule has 4 aromatic rings. The van der Waals surface area contributed by atoms with Gasteiger partial charge in [0, 0.05) is 48.4 Å². The molecular weight excluding hydrogens is 583 g/mol. The van der Waals surface area contributed by atoms with Crippen LogP contribution >= 0.6 is 11.5 Å². The van der Waals surface area contributed by atoms with Crippen molar-refractivity contribution in [1.82, 2.24) is 23.2 Å². The van der Waals surface area contributed by atoms with Crippen molar-refractivity contribution in [2.24, 2.45) is 11.8 Å². The molecule has 4 heterocycles. The quantitative estimate of drug-likeness (QED) is 0.328. The third-order valence-corrected chi connectivity index (χ3v) is 9.77. The highest BCUT2D eigenvalue weighted by atomic mass is 32.2. The van der Waals surface area contributed by atoms with Gasteiger partial charge in [0.05, 0.1) is 23.3 Å². The minimum absolute atomic E-state index is 0.00354. The first-order valence-corrected chi connectivity index (χ1v) is 14.8. The van der Waals surface area contributed by atoms with Crippen LogP contribution in [0.5, 0.6) is 6.01 Å². The summed E-state index contributed by atoms with van der Waals surface area (Å²) in [5, 5.41) is 6.14. The molecule has 2 fully saturated rings. The predicted molar refractivity (Wildman–Crippen MR) is 144 cm³/mol. The molecule has 1 saturated heterocycles. The van der Waals surface area contributed by atoms with Gasteiger partial charge in [-0.15, -0.1) is 4.37 Å². The summed E-state index contributed by atoms with van der Waals surface area (Å²) in [6.45, 7) is 0.905. The highest BCUT2D eigenvalue weighted by Gasteiger charge is 2.44. The molecule has 1 aliphatic carbocycles. The molecule has 1 unspecified atom stereocenters. The molecule has 0 spiro atoms. The Labute approximate surface area is 236 Å². The van der Waals surface area contributed by atoms with Crippen molar-refractivity contribution in [2.45, 2.75) is 30.0 Å². The van der Waals surface area contributed by atoms with Crippen LogP contribution in [0.15, 0.2) is 53.7 Å². The Hall–Kier alpha value is -3.92. The van der Waals surface area contributed by atoms with E-state index in [0.717, 1.165) is 15.5 Å². The number of urea groups is 1. The number of rotatable bonds is 6. The van der Waals surface area contributed by atoms with Crippen molar-refractivity contribution in [3.05, 3.63) is 54.4 Å². The molecular formula is C25H24F3N7O4S2. The third kappa shape index (κ3) is 5.05. The number of benzene rings is 1. The number of carbonyl (C=O) groups excluding carboxylic acids is 1. The zero-order valence-corrected chi connectivity index (χ0v) is 23.1. The molecule has 41 heavy (non-hydrogen) atoms. The summed E-state index contributed by atoms with van der Waals surface area (Å²) in [6, 6.07) is 8.50. The van der Waals surface area contributed by atoms with Crippen LogP contribution in [0.4, 0.5) is 28.8 Å². The fourth-order valence-corrected chi connectivity index (χ4v) is 7.49. The molecule has 2 N–H and O–H groups in total. The molecule has 2 amide bonds. The highest BCUT2D eigenvalue weighted by Crippen LogP contribution is 2.43. The Morgan fingerprint density at radius 1 is 1.12 bits per heavy atom. The lowest BCUT2D eigenvalue weighted by Gasteiger charge is -2.22. The molecule has 16 heteroatoms. The van der Waals surface area contributed by atoms with Gasteiger partial charge in [0.1, 0.15) is 0 Å². The van der Waals surface area contributed by atoms with E-state index in [1.165, 1.54) is 31.5 Å². The Morgan fingerprint density at radius 2 is 1.83 bits per heavy atom. The Kier molecular flexibility index (Phi) is 6.76. The zero-order chi connectivity index (χ0) is 28.9. The average molecular weight is 608 g/mol. The Balaban J connectivity index is 1.21. The minimum atomic E-state index is -4.71. The standard InChI is InChI=1S/C25H24F3N7O4S2/c1-39-22-31-23(40-33-22)32-24(36)34-12-14-9-16(10-15(14)13-34)30-20-18-7-8-35(21(18)29-11-19(20)25(26,27)28)41(37,38)17-5-3-2-4-6-17/h2-8,11,14-16H,9-10,12-13H2,1H3,(H,29,30)(H,31,32,33,36)/t14-,15?,16+/m1/s1. The number of hydrogen-bond donors (Lipinski definition) is 2. The monoisotopic (exact) mass is 607 g/mol. The molecule has 0 radical (unpaired) electrons. The summed E-state index contributed by atoms with van der Waals surface area (Å²) >= 11 is 0.999. The molecule has 1 aliphatic heterocycles. The molecule has 11 nitrogen and oxygen atoms in total. The number of fused-ring (bicyclic) bond motifs is 2. The summed E-state index contributed by atoms with van der Waals surface area (Å²) in [5.41, 5.74) is -1.27. The van der Waals surface area contributed by atoms with E-state index in [4.69, 9.17) is 4.74 Å². The second-order valence-corrected chi connectivity index (χ2v) is 12.5. The van der Waals surface area contributed by atoms with Gasteiger partial charge in [-0.2, -0.15) is 18.2 Å². The van der Waals surface area contributed by atoms with Crippen LogP contribution in [0.3, 0.4) is 0 Å². The lowest BCUT2D eigenvalue weighted by atomic mass is 10.0. The summed E-state index contributed by atoms with van der Waals surface area (Å²) < 4.78 is 78.4. The number of halogens is 3. The molecule has 0 bridgehead atoms. The minimum Gasteiger partial charge on any atom is -0.466 e. The topological polar surface area (TPSA) is 131 Å². The van der Waals surface area contributed by atoms with Gasteiger partial charge >= 0.3 is 18.2 Å². The van der Waals surface area contributed by atoms with E-state index in [0.29, 0.717) is 37.3 Å². The van der Waals surface area contributed by atoms with E-state index in [9.17, 15) is 26.4 Å². The number of methoxy groups -OCH3 is 1. The second-order valence-electron chi connectivity index (χ2n) is 9.97. The molecule has 6 rings (SSSR count). The van der Waals surface area contributed by atoms with Crippen molar-refractivity contribution in [3.8, 4) is 6.01 Å². The van der Waals surface area contributed by atoms with Gasteiger partial charge in [-0.05, 0) is 42.9 Å². The van der Waals surface area contributed by atoms with E-state index in [1.54, 1.807) is 23.1 Å². The smallest absolute Gasteiger partial charge is 0.419 e. The van der Waals surface area contributed by atoms with Crippen molar-refractivity contribution in [1.29, 1.82) is 0 Å². The third-order valence-electron chi connectivity index (χ3n) is 7.48. The lowest BCUT2D eigenvalue weighted by molar-refractivity contribution is -0.137. The van der Waals surface area contributed by atoms with Crippen LogP contribution in [-0.4, -0.2) is 63.9 Å². The number of alkyl halides is 3. The van der Waals surface area contributed by atoms with Gasteiger partial charge in [-0.1, -0.05) is 18.2 Å². The maximum atomic E-state index is 14.1. The van der Waals surface area contributed by atoms with Crippen molar-refractivity contribution in [3.63, 3.8) is 0 Å². The number of nitrogens with one attached hydrogen (secondary N) is 2. The summed E-state index contributed by atoms with van der Waals surface area (Å²) in [4.78, 5) is 22.3. The van der Waals surface area contributed by atoms with E-state index in [1.807, 2.05) is 0 Å². The number of aromatic nitrogens is 4. The molecule has 3 aromatic heterocycles. The van der Waals surface area contributed by atoms with Crippen molar-refractivity contribution < 1.29 is 31.1 Å². The zero-order valence-electron chi connectivity index (χ0n) is 21.5. The number of nitrogens with zero attached hydrogens (tertiary/aromatic N) is 5. The number of ether oxygens (including phenoxy) is 1. The maximum Gasteiger partial charge on any atom is 0.419 e. The first-order valence-electron chi connectivity index (χ1n) is 12.6.